The van der Waals surface area contributed by atoms with Gasteiger partial charge in [-0.3, -0.25) is 28.8 Å². The summed E-state index contributed by atoms with van der Waals surface area (Å²) in [5, 5.41) is 19.0. The Bertz CT molecular complexity index is 2180. The fraction of sp³-hybridized carbons (Fsp3) is 0.423. The number of carboxylic acid groups (broad SMARTS) is 1. The Kier molecular flexibility index (Phi) is 40.4. The van der Waals surface area contributed by atoms with Crippen molar-refractivity contribution in [1.29, 1.82) is 0 Å². The van der Waals surface area contributed by atoms with Gasteiger partial charge < -0.3 is 29.6 Å². The first kappa shape index (κ1) is 71.7. The average Bonchev–Trinajstić information content (AvgIpc) is 4.14. The van der Waals surface area contributed by atoms with Crippen molar-refractivity contribution in [3.05, 3.63) is 139 Å². The van der Waals surface area contributed by atoms with Crippen LogP contribution in [0.5, 0.6) is 0 Å². The van der Waals surface area contributed by atoms with Gasteiger partial charge in [0.25, 0.3) is 11.8 Å². The molecular weight excluding hydrogens is 1340 g/mol. The molecule has 2 unspecified atom stereocenters. The van der Waals surface area contributed by atoms with Gasteiger partial charge in [-0.1, -0.05) is 148 Å². The zero-order valence-corrected chi connectivity index (χ0v) is 52.5. The zero-order chi connectivity index (χ0) is 56.3. The molecule has 0 aliphatic carbocycles. The minimum atomic E-state index is -0.827. The Balaban J connectivity index is 0.000000889. The van der Waals surface area contributed by atoms with Crippen molar-refractivity contribution in [3.63, 3.8) is 0 Å². The number of esters is 1. The maximum Gasteiger partial charge on any atom is 0.325 e. The van der Waals surface area contributed by atoms with Crippen molar-refractivity contribution >= 4 is 164 Å². The monoisotopic (exact) mass is 1400 g/mol. The predicted molar refractivity (Wildman–Crippen MR) is 316 cm³/mol. The molecule has 2 fully saturated rings. The highest BCUT2D eigenvalue weighted by molar-refractivity contribution is 9.93. The van der Waals surface area contributed by atoms with E-state index in [1.807, 2.05) is 0 Å². The van der Waals surface area contributed by atoms with Crippen LogP contribution in [0.3, 0.4) is 0 Å². The van der Waals surface area contributed by atoms with Gasteiger partial charge >= 0.3 is 11.9 Å². The van der Waals surface area contributed by atoms with Gasteiger partial charge in [0.05, 0.1) is 6.42 Å². The van der Waals surface area contributed by atoms with E-state index in [1.165, 1.54) is 26.6 Å². The molecule has 2 saturated heterocycles. The minimum Gasteiger partial charge on any atom is -0.481 e. The number of amides is 2. The van der Waals surface area contributed by atoms with Crippen molar-refractivity contribution in [2.75, 3.05) is 45.8 Å². The standard InChI is InChI=1S/C15H17BrClNO3.C8H5BrCl2O.C8H6Cl2O.C8H7ClO2.C7H13NO2.C6H15N.Br2/c1-10(14(19)18-8-2-3-9-18)21-15(20)13(16)11-4-6-12(17)7-5-11;9-7(8(11)12)5-1-3-6(10)4-2-5;2*9-7-3-1-6(2-4-7)5-8(10)11;1-6(9)7(10)8-4-2-3-5-8;1-4-7(5-2)6-3;1-2/h4-7,10,13H,2-3,8-9H2,1H3;1-4,7H;1-4H,5H2;1-4H,5H2,(H,10,11);6,9H,2-5H2,1H3;4-6H2,1-3H3;/t10-,13?;;;;6-;;/m0...0../s1. The number of aliphatic hydroxyl groups is 1. The Morgan fingerprint density at radius 2 is 0.892 bits per heavy atom. The van der Waals surface area contributed by atoms with Crippen LogP contribution in [0.15, 0.2) is 97.1 Å². The summed E-state index contributed by atoms with van der Waals surface area (Å²) in [4.78, 5) is 71.3. The molecule has 12 nitrogen and oxygen atoms in total. The van der Waals surface area contributed by atoms with E-state index >= 15 is 0 Å². The van der Waals surface area contributed by atoms with Crippen LogP contribution < -0.4 is 0 Å². The number of carboxylic acids is 1. The first-order valence-electron chi connectivity index (χ1n) is 23.2. The normalized spacial score (nSPS) is 13.7. The smallest absolute Gasteiger partial charge is 0.325 e. The van der Waals surface area contributed by atoms with Crippen molar-refractivity contribution in [2.24, 2.45) is 0 Å². The molecule has 4 atom stereocenters. The van der Waals surface area contributed by atoms with Crippen LogP contribution in [0.4, 0.5) is 0 Å². The molecule has 4 aromatic carbocycles. The van der Waals surface area contributed by atoms with Gasteiger partial charge in [-0.05, 0) is 153 Å². The molecule has 2 aliphatic heterocycles. The fourth-order valence-corrected chi connectivity index (χ4v) is 7.92. The van der Waals surface area contributed by atoms with E-state index in [0.717, 1.165) is 74.1 Å². The molecule has 2 heterocycles. The third-order valence-electron chi connectivity index (χ3n) is 10.4. The van der Waals surface area contributed by atoms with Crippen LogP contribution in [0, 0.1) is 0 Å². The molecule has 2 N–H and O–H groups in total. The van der Waals surface area contributed by atoms with Gasteiger partial charge in [0.1, 0.15) is 15.8 Å². The maximum absolute atomic E-state index is 12.1. The quantitative estimate of drug-likeness (QED) is 0.0706. The molecule has 2 aliphatic rings. The first-order chi connectivity index (χ1) is 35.0. The van der Waals surface area contributed by atoms with Crippen molar-refractivity contribution in [3.8, 4) is 0 Å². The zero-order valence-electron chi connectivity index (χ0n) is 41.6. The molecule has 0 aromatic heterocycles. The summed E-state index contributed by atoms with van der Waals surface area (Å²) in [6, 6.07) is 27.6. The van der Waals surface area contributed by atoms with Crippen molar-refractivity contribution in [1.82, 2.24) is 14.7 Å². The molecule has 0 radical (unpaired) electrons. The van der Waals surface area contributed by atoms with E-state index in [0.29, 0.717) is 20.1 Å². The lowest BCUT2D eigenvalue weighted by Crippen LogP contribution is -2.38. The molecule has 4 aromatic rings. The van der Waals surface area contributed by atoms with E-state index in [-0.39, 0.29) is 29.9 Å². The molecule has 0 bridgehead atoms. The highest BCUT2D eigenvalue weighted by Crippen LogP contribution is 2.27. The van der Waals surface area contributed by atoms with Crippen LogP contribution in [-0.4, -0.2) is 117 Å². The summed E-state index contributed by atoms with van der Waals surface area (Å²) in [5.74, 6) is -1.56. The van der Waals surface area contributed by atoms with E-state index in [4.69, 9.17) is 84.6 Å². The van der Waals surface area contributed by atoms with Gasteiger partial charge in [0.15, 0.2) is 6.10 Å². The lowest BCUT2D eigenvalue weighted by molar-refractivity contribution is -0.158. The molecule has 410 valence electrons. The number of rotatable bonds is 14. The lowest BCUT2D eigenvalue weighted by Gasteiger charge is -2.21. The SMILES string of the molecule is BrBr.CCN(CC)CC.C[C@H](O)C(=O)N1CCCC1.C[C@H](OC(=O)C(Br)c1ccc(Cl)cc1)C(=O)N1CCCC1.O=C(Cl)C(Br)c1ccc(Cl)cc1.O=C(Cl)Cc1ccc(Cl)cc1.O=C(O)Cc1ccc(Cl)cc1. The van der Waals surface area contributed by atoms with Crippen LogP contribution >= 0.6 is 130 Å². The Labute approximate surface area is 498 Å². The van der Waals surface area contributed by atoms with E-state index in [1.54, 1.807) is 114 Å². The summed E-state index contributed by atoms with van der Waals surface area (Å²) in [6.45, 7) is 16.4. The van der Waals surface area contributed by atoms with Gasteiger partial charge in [0.2, 0.25) is 10.5 Å². The second-order valence-corrected chi connectivity index (χ2v) is 20.3. The molecule has 0 spiro atoms. The topological polar surface area (TPSA) is 162 Å². The minimum absolute atomic E-state index is 0.0527. The second kappa shape index (κ2) is 41.7. The third-order valence-corrected chi connectivity index (χ3v) is 13.9. The van der Waals surface area contributed by atoms with E-state index < -0.39 is 39.0 Å². The van der Waals surface area contributed by atoms with Gasteiger partial charge in [0, 0.05) is 80.9 Å². The Morgan fingerprint density at radius 1 is 0.568 bits per heavy atom. The number of alkyl halides is 2. The van der Waals surface area contributed by atoms with Gasteiger partial charge in [-0.15, -0.1) is 0 Å². The van der Waals surface area contributed by atoms with Crippen LogP contribution in [0.2, 0.25) is 20.1 Å². The van der Waals surface area contributed by atoms with Gasteiger partial charge in [-0.2, -0.15) is 0 Å². The van der Waals surface area contributed by atoms with E-state index in [9.17, 15) is 28.8 Å². The third kappa shape index (κ3) is 31.8. The summed E-state index contributed by atoms with van der Waals surface area (Å²) < 4.78 is 5.26. The molecule has 74 heavy (non-hydrogen) atoms. The molecule has 0 saturated carbocycles. The molecule has 6 rings (SSSR count). The van der Waals surface area contributed by atoms with E-state index in [2.05, 4.69) is 85.8 Å². The maximum atomic E-state index is 12.1. The molecular formula is C52H63Br4Cl6N3O9. The number of aliphatic hydroxyl groups excluding tert-OH is 1. The summed E-state index contributed by atoms with van der Waals surface area (Å²) in [6.07, 6.45) is 2.92. The average molecular weight is 1410 g/mol. The van der Waals surface area contributed by atoms with Gasteiger partial charge in [-0.25, -0.2) is 0 Å². The number of hydrogen-bond donors (Lipinski definition) is 2. The summed E-state index contributed by atoms with van der Waals surface area (Å²) in [7, 11) is 0. The highest BCUT2D eigenvalue weighted by atomic mass is 80.9. The number of aliphatic carboxylic acids is 1. The summed E-state index contributed by atoms with van der Waals surface area (Å²) in [5.41, 5.74) is 3.20. The fourth-order valence-electron chi connectivity index (χ4n) is 6.42. The number of carbonyl (C=O) groups excluding carboxylic acids is 5. The van der Waals surface area contributed by atoms with Crippen LogP contribution in [0.1, 0.15) is 92.2 Å². The molecule has 2 amide bonds. The number of likely N-dealkylation sites (tertiary alicyclic amines) is 2. The number of halogens is 10. The Morgan fingerprint density at radius 3 is 1.19 bits per heavy atom. The van der Waals surface area contributed by atoms with Crippen molar-refractivity contribution < 1.29 is 43.7 Å². The van der Waals surface area contributed by atoms with Crippen LogP contribution in [-0.2, 0) is 46.3 Å². The second-order valence-electron chi connectivity index (χ2n) is 15.9. The number of nitrogens with zero attached hydrogens (tertiary/aromatic N) is 3. The highest BCUT2D eigenvalue weighted by Gasteiger charge is 2.29. The van der Waals surface area contributed by atoms with Crippen molar-refractivity contribution in [2.45, 2.75) is 95.0 Å². The number of hydrogen-bond acceptors (Lipinski definition) is 9. The predicted octanol–water partition coefficient (Wildman–Crippen LogP) is 14.5. The molecule has 22 heteroatoms. The number of carbonyl (C=O) groups is 6. The number of benzene rings is 4. The Hall–Kier alpha value is -2.32. The summed E-state index contributed by atoms with van der Waals surface area (Å²) >= 11 is 45.1. The largest absolute Gasteiger partial charge is 0.481 e. The number of ether oxygens (including phenoxy) is 1. The van der Waals surface area contributed by atoms with Crippen LogP contribution in [0.25, 0.3) is 0 Å². The lowest BCUT2D eigenvalue weighted by atomic mass is 10.1. The first-order valence-corrected chi connectivity index (χ1v) is 31.0.